The Bertz CT molecular complexity index is 1260. The van der Waals surface area contributed by atoms with Gasteiger partial charge in [0.15, 0.2) is 5.75 Å². The van der Waals surface area contributed by atoms with Crippen LogP contribution >= 0.6 is 0 Å². The largest absolute Gasteiger partial charge is 0.508 e. The molecule has 0 atom stereocenters. The molecule has 178 valence electrons. The number of phenols is 2. The summed E-state index contributed by atoms with van der Waals surface area (Å²) in [5.74, 6) is -2.18. The first-order valence-electron chi connectivity index (χ1n) is 10.3. The molecule has 2 N–H and O–H groups in total. The summed E-state index contributed by atoms with van der Waals surface area (Å²) in [7, 11) is -4.37. The first kappa shape index (κ1) is 24.7. The van der Waals surface area contributed by atoms with Crippen LogP contribution in [0, 0.1) is 0 Å². The van der Waals surface area contributed by atoms with Crippen molar-refractivity contribution in [3.63, 3.8) is 0 Å². The second kappa shape index (κ2) is 10.8. The molecule has 3 aromatic carbocycles. The van der Waals surface area contributed by atoms with Gasteiger partial charge >= 0.3 is 22.1 Å². The van der Waals surface area contributed by atoms with Crippen LogP contribution in [-0.2, 0) is 14.3 Å². The number of phenolic OH excluding ortho intramolecular Hbond substituents is 2. The Morgan fingerprint density at radius 2 is 1.32 bits per heavy atom. The molecule has 0 bridgehead atoms. The summed E-state index contributed by atoms with van der Waals surface area (Å²) in [5.41, 5.74) is 0.208. The monoisotopic (exact) mass is 486 g/mol. The van der Waals surface area contributed by atoms with Crippen LogP contribution in [-0.4, -0.2) is 37.2 Å². The van der Waals surface area contributed by atoms with Gasteiger partial charge in [-0.2, -0.15) is 8.42 Å². The molecule has 0 aliphatic carbocycles. The maximum absolute atomic E-state index is 12.8. The van der Waals surface area contributed by atoms with Gasteiger partial charge in [0.1, 0.15) is 22.1 Å². The molecule has 0 aliphatic heterocycles. The van der Waals surface area contributed by atoms with Crippen molar-refractivity contribution in [1.82, 2.24) is 0 Å². The normalized spacial score (nSPS) is 11.1. The topological polar surface area (TPSA) is 136 Å². The average molecular weight is 486 g/mol. The SMILES string of the molecule is CCCCOS(=O)(=O)c1cc(OC(=O)c2ccc(O)cc2)ccc1OC(=O)c1ccc(O)cc1. The highest BCUT2D eigenvalue weighted by Crippen LogP contribution is 2.31. The maximum atomic E-state index is 12.8. The van der Waals surface area contributed by atoms with Crippen LogP contribution in [0.4, 0.5) is 0 Å². The van der Waals surface area contributed by atoms with Gasteiger partial charge in [0.25, 0.3) is 0 Å². The van der Waals surface area contributed by atoms with Crippen LogP contribution in [0.25, 0.3) is 0 Å². The molecule has 0 spiro atoms. The van der Waals surface area contributed by atoms with Gasteiger partial charge in [-0.05, 0) is 67.1 Å². The second-order valence-corrected chi connectivity index (χ2v) is 8.69. The molecule has 3 aromatic rings. The Labute approximate surface area is 196 Å². The average Bonchev–Trinajstić information content (AvgIpc) is 2.81. The quantitative estimate of drug-likeness (QED) is 0.199. The number of rotatable bonds is 9. The summed E-state index contributed by atoms with van der Waals surface area (Å²) in [5, 5.41) is 18.7. The molecule has 0 aliphatic rings. The molecule has 0 amide bonds. The maximum Gasteiger partial charge on any atom is 0.343 e. The third kappa shape index (κ3) is 6.33. The predicted molar refractivity (Wildman–Crippen MR) is 121 cm³/mol. The van der Waals surface area contributed by atoms with Gasteiger partial charge in [0.2, 0.25) is 0 Å². The van der Waals surface area contributed by atoms with Crippen molar-refractivity contribution in [2.24, 2.45) is 0 Å². The van der Waals surface area contributed by atoms with E-state index in [0.717, 1.165) is 6.07 Å². The Balaban J connectivity index is 1.91. The third-order valence-electron chi connectivity index (χ3n) is 4.54. The van der Waals surface area contributed by atoms with E-state index < -0.39 is 27.0 Å². The van der Waals surface area contributed by atoms with E-state index in [0.29, 0.717) is 12.8 Å². The highest BCUT2D eigenvalue weighted by Gasteiger charge is 2.25. The molecule has 0 saturated carbocycles. The van der Waals surface area contributed by atoms with Crippen LogP contribution in [0.1, 0.15) is 40.5 Å². The molecule has 34 heavy (non-hydrogen) atoms. The lowest BCUT2D eigenvalue weighted by molar-refractivity contribution is 0.0715. The van der Waals surface area contributed by atoms with E-state index >= 15 is 0 Å². The standard InChI is InChI=1S/C24H22O9S/c1-2-3-14-31-34(29,30)22-15-20(32-23(27)16-4-8-18(25)9-5-16)12-13-21(22)33-24(28)17-6-10-19(26)11-7-17/h4-13,15,25-26H,2-3,14H2,1H3. The molecule has 3 rings (SSSR count). The summed E-state index contributed by atoms with van der Waals surface area (Å²) in [6.07, 6.45) is 1.18. The lowest BCUT2D eigenvalue weighted by Crippen LogP contribution is -2.14. The van der Waals surface area contributed by atoms with Crippen molar-refractivity contribution in [2.45, 2.75) is 24.7 Å². The lowest BCUT2D eigenvalue weighted by atomic mass is 10.2. The minimum Gasteiger partial charge on any atom is -0.508 e. The molecule has 10 heteroatoms. The van der Waals surface area contributed by atoms with E-state index in [2.05, 4.69) is 0 Å². The van der Waals surface area contributed by atoms with Crippen molar-refractivity contribution >= 4 is 22.1 Å². The molecular weight excluding hydrogens is 464 g/mol. The molecule has 0 fully saturated rings. The number of esters is 2. The molecule has 0 heterocycles. The molecule has 0 radical (unpaired) electrons. The van der Waals surface area contributed by atoms with E-state index in [4.69, 9.17) is 13.7 Å². The second-order valence-electron chi connectivity index (χ2n) is 7.11. The number of hydrogen-bond acceptors (Lipinski definition) is 9. The minimum atomic E-state index is -4.37. The zero-order chi connectivity index (χ0) is 24.7. The van der Waals surface area contributed by atoms with Crippen molar-refractivity contribution in [2.75, 3.05) is 6.61 Å². The zero-order valence-electron chi connectivity index (χ0n) is 18.1. The summed E-state index contributed by atoms with van der Waals surface area (Å²) >= 11 is 0. The van der Waals surface area contributed by atoms with Crippen molar-refractivity contribution < 1.29 is 41.9 Å². The van der Waals surface area contributed by atoms with Gasteiger partial charge in [-0.3, -0.25) is 4.18 Å². The number of unbranched alkanes of at least 4 members (excludes halogenated alkanes) is 1. The highest BCUT2D eigenvalue weighted by atomic mass is 32.2. The van der Waals surface area contributed by atoms with Crippen molar-refractivity contribution in [3.8, 4) is 23.0 Å². The van der Waals surface area contributed by atoms with Gasteiger partial charge in [-0.1, -0.05) is 13.3 Å². The molecule has 0 aromatic heterocycles. The van der Waals surface area contributed by atoms with Crippen molar-refractivity contribution in [3.05, 3.63) is 77.9 Å². The Kier molecular flexibility index (Phi) is 7.87. The Hall–Kier alpha value is -3.89. The zero-order valence-corrected chi connectivity index (χ0v) is 18.9. The Morgan fingerprint density at radius 3 is 1.85 bits per heavy atom. The third-order valence-corrected chi connectivity index (χ3v) is 5.87. The summed E-state index contributed by atoms with van der Waals surface area (Å²) in [6.45, 7) is 1.78. The fraction of sp³-hybridized carbons (Fsp3) is 0.167. The van der Waals surface area contributed by atoms with Crippen LogP contribution in [0.2, 0.25) is 0 Å². The van der Waals surface area contributed by atoms with Gasteiger partial charge < -0.3 is 19.7 Å². The summed E-state index contributed by atoms with van der Waals surface area (Å²) in [6, 6.07) is 14.0. The van der Waals surface area contributed by atoms with Crippen LogP contribution in [0.3, 0.4) is 0 Å². The van der Waals surface area contributed by atoms with Gasteiger partial charge in [0, 0.05) is 6.07 Å². The fourth-order valence-corrected chi connectivity index (χ4v) is 3.81. The Morgan fingerprint density at radius 1 is 0.794 bits per heavy atom. The first-order valence-corrected chi connectivity index (χ1v) is 11.7. The van der Waals surface area contributed by atoms with E-state index in [9.17, 15) is 28.2 Å². The minimum absolute atomic E-state index is 0.0334. The van der Waals surface area contributed by atoms with Crippen LogP contribution in [0.15, 0.2) is 71.6 Å². The van der Waals surface area contributed by atoms with E-state index in [1.807, 2.05) is 6.92 Å². The molecule has 0 unspecified atom stereocenters. The van der Waals surface area contributed by atoms with E-state index in [1.54, 1.807) is 0 Å². The molecular formula is C24H22O9S. The van der Waals surface area contributed by atoms with Crippen LogP contribution < -0.4 is 9.47 Å². The number of carbonyl (C=O) groups is 2. The van der Waals surface area contributed by atoms with Crippen LogP contribution in [0.5, 0.6) is 23.0 Å². The van der Waals surface area contributed by atoms with Gasteiger partial charge in [0.05, 0.1) is 17.7 Å². The van der Waals surface area contributed by atoms with Crippen molar-refractivity contribution in [1.29, 1.82) is 0 Å². The lowest BCUT2D eigenvalue weighted by Gasteiger charge is -2.13. The number of hydrogen-bond donors (Lipinski definition) is 2. The molecule has 0 saturated heterocycles. The van der Waals surface area contributed by atoms with Gasteiger partial charge in [-0.15, -0.1) is 0 Å². The first-order chi connectivity index (χ1) is 16.2. The highest BCUT2D eigenvalue weighted by molar-refractivity contribution is 7.86. The van der Waals surface area contributed by atoms with Gasteiger partial charge in [-0.25, -0.2) is 9.59 Å². The summed E-state index contributed by atoms with van der Waals surface area (Å²) < 4.78 is 41.2. The predicted octanol–water partition coefficient (Wildman–Crippen LogP) is 4.04. The number of aromatic hydroxyl groups is 2. The van der Waals surface area contributed by atoms with E-state index in [-0.39, 0.29) is 40.7 Å². The number of ether oxygens (including phenoxy) is 2. The number of carbonyl (C=O) groups excluding carboxylic acids is 2. The summed E-state index contributed by atoms with van der Waals surface area (Å²) in [4.78, 5) is 24.4. The fourth-order valence-electron chi connectivity index (χ4n) is 2.73. The van der Waals surface area contributed by atoms with E-state index in [1.165, 1.54) is 60.7 Å². The number of benzene rings is 3. The molecule has 9 nitrogen and oxygen atoms in total. The smallest absolute Gasteiger partial charge is 0.343 e.